The van der Waals surface area contributed by atoms with Gasteiger partial charge in [-0.3, -0.25) is 9.69 Å². The second-order valence-corrected chi connectivity index (χ2v) is 8.06. The fraction of sp³-hybridized carbons (Fsp3) is 0.294. The Bertz CT molecular complexity index is 1040. The Kier molecular flexibility index (Phi) is 4.40. The molecule has 0 radical (unpaired) electrons. The average molecular weight is 444 g/mol. The SMILES string of the molecule is O=c1[nH]c(C(F)(F)F)nc2c1CN(Cc1sc3ccccc3c1Br)CC2. The Hall–Kier alpha value is -1.71. The zero-order valence-electron chi connectivity index (χ0n) is 13.4. The van der Waals surface area contributed by atoms with Gasteiger partial charge in [0.2, 0.25) is 5.82 Å². The highest BCUT2D eigenvalue weighted by Crippen LogP contribution is 2.36. The molecule has 0 aliphatic carbocycles. The summed E-state index contributed by atoms with van der Waals surface area (Å²) in [5.41, 5.74) is -0.142. The smallest absolute Gasteiger partial charge is 0.303 e. The predicted molar refractivity (Wildman–Crippen MR) is 97.2 cm³/mol. The topological polar surface area (TPSA) is 49.0 Å². The van der Waals surface area contributed by atoms with E-state index in [1.165, 1.54) is 4.70 Å². The zero-order chi connectivity index (χ0) is 18.5. The molecule has 26 heavy (non-hydrogen) atoms. The highest BCUT2D eigenvalue weighted by atomic mass is 79.9. The van der Waals surface area contributed by atoms with E-state index in [2.05, 4.69) is 25.8 Å². The van der Waals surface area contributed by atoms with Crippen molar-refractivity contribution in [2.75, 3.05) is 6.54 Å². The average Bonchev–Trinajstić information content (AvgIpc) is 2.91. The number of H-pyrrole nitrogens is 1. The molecule has 1 aliphatic heterocycles. The van der Waals surface area contributed by atoms with Crippen LogP contribution in [0, 0.1) is 0 Å². The minimum atomic E-state index is -4.65. The van der Waals surface area contributed by atoms with Gasteiger partial charge in [-0.2, -0.15) is 13.2 Å². The summed E-state index contributed by atoms with van der Waals surface area (Å²) >= 11 is 5.30. The molecular weight excluding hydrogens is 431 g/mol. The molecule has 9 heteroatoms. The molecule has 3 heterocycles. The van der Waals surface area contributed by atoms with Crippen LogP contribution >= 0.6 is 27.3 Å². The van der Waals surface area contributed by atoms with Gasteiger partial charge < -0.3 is 4.98 Å². The molecule has 136 valence electrons. The second-order valence-electron chi connectivity index (χ2n) is 6.13. The molecule has 0 bridgehead atoms. The first kappa shape index (κ1) is 17.7. The fourth-order valence-corrected chi connectivity index (χ4v) is 5.10. The summed E-state index contributed by atoms with van der Waals surface area (Å²) in [6, 6.07) is 8.05. The molecule has 0 fully saturated rings. The summed E-state index contributed by atoms with van der Waals surface area (Å²) in [6.07, 6.45) is -4.32. The maximum atomic E-state index is 12.8. The standard InChI is InChI=1S/C17H13BrF3N3OS/c18-14-9-3-1-2-4-12(9)26-13(14)8-24-6-5-11-10(7-24)15(25)23-16(22-11)17(19,20)21/h1-4H,5-8H2,(H,22,23,25). The van der Waals surface area contributed by atoms with Crippen LogP contribution in [0.4, 0.5) is 13.2 Å². The van der Waals surface area contributed by atoms with Crippen LogP contribution in [-0.4, -0.2) is 21.4 Å². The number of thiophene rings is 1. The van der Waals surface area contributed by atoms with Crippen LogP contribution in [-0.2, 0) is 25.7 Å². The highest BCUT2D eigenvalue weighted by Gasteiger charge is 2.36. The molecule has 0 saturated carbocycles. The summed E-state index contributed by atoms with van der Waals surface area (Å²) < 4.78 is 40.6. The maximum absolute atomic E-state index is 12.8. The normalized spacial score (nSPS) is 15.4. The van der Waals surface area contributed by atoms with Gasteiger partial charge in [-0.1, -0.05) is 18.2 Å². The van der Waals surface area contributed by atoms with Crippen molar-refractivity contribution in [2.24, 2.45) is 0 Å². The Morgan fingerprint density at radius 3 is 2.81 bits per heavy atom. The molecule has 0 unspecified atom stereocenters. The molecule has 4 nitrogen and oxygen atoms in total. The summed E-state index contributed by atoms with van der Waals surface area (Å²) in [4.78, 5) is 20.8. The molecule has 2 aromatic heterocycles. The van der Waals surface area contributed by atoms with E-state index >= 15 is 0 Å². The van der Waals surface area contributed by atoms with Crippen molar-refractivity contribution in [1.82, 2.24) is 14.9 Å². The van der Waals surface area contributed by atoms with E-state index in [1.54, 1.807) is 11.3 Å². The number of hydrogen-bond donors (Lipinski definition) is 1. The number of alkyl halides is 3. The number of fused-ring (bicyclic) bond motifs is 2. The third-order valence-electron chi connectivity index (χ3n) is 4.38. The lowest BCUT2D eigenvalue weighted by atomic mass is 10.1. The van der Waals surface area contributed by atoms with E-state index in [-0.39, 0.29) is 12.2 Å². The Morgan fingerprint density at radius 2 is 2.08 bits per heavy atom. The lowest BCUT2D eigenvalue weighted by Crippen LogP contribution is -2.36. The quantitative estimate of drug-likeness (QED) is 0.641. The first-order valence-electron chi connectivity index (χ1n) is 7.90. The first-order chi connectivity index (χ1) is 12.3. The van der Waals surface area contributed by atoms with Gasteiger partial charge in [0, 0.05) is 45.5 Å². The third-order valence-corrected chi connectivity index (χ3v) is 6.71. The van der Waals surface area contributed by atoms with Crippen LogP contribution in [0.15, 0.2) is 33.5 Å². The molecule has 1 aromatic carbocycles. The van der Waals surface area contributed by atoms with E-state index in [9.17, 15) is 18.0 Å². The number of halogens is 4. The molecular formula is C17H13BrF3N3OS. The summed E-state index contributed by atoms with van der Waals surface area (Å²) in [6.45, 7) is 1.47. The molecule has 0 amide bonds. The van der Waals surface area contributed by atoms with Crippen molar-refractivity contribution in [3.8, 4) is 0 Å². The number of rotatable bonds is 2. The maximum Gasteiger partial charge on any atom is 0.449 e. The largest absolute Gasteiger partial charge is 0.449 e. The van der Waals surface area contributed by atoms with Crippen molar-refractivity contribution in [3.63, 3.8) is 0 Å². The van der Waals surface area contributed by atoms with Crippen LogP contribution in [0.2, 0.25) is 0 Å². The van der Waals surface area contributed by atoms with Crippen molar-refractivity contribution >= 4 is 37.4 Å². The molecule has 0 atom stereocenters. The molecule has 1 aliphatic rings. The minimum Gasteiger partial charge on any atom is -0.303 e. The van der Waals surface area contributed by atoms with Gasteiger partial charge in [-0.05, 0) is 22.0 Å². The van der Waals surface area contributed by atoms with Gasteiger partial charge in [-0.25, -0.2) is 4.98 Å². The van der Waals surface area contributed by atoms with E-state index < -0.39 is 17.6 Å². The summed E-state index contributed by atoms with van der Waals surface area (Å²) in [5, 5.41) is 1.14. The number of aromatic nitrogens is 2. The lowest BCUT2D eigenvalue weighted by Gasteiger charge is -2.27. The number of aromatic amines is 1. The molecule has 0 saturated heterocycles. The van der Waals surface area contributed by atoms with E-state index in [1.807, 2.05) is 29.2 Å². The predicted octanol–water partition coefficient (Wildman–Crippen LogP) is 4.32. The van der Waals surface area contributed by atoms with Gasteiger partial charge in [0.15, 0.2) is 0 Å². The van der Waals surface area contributed by atoms with E-state index in [0.29, 0.717) is 25.1 Å². The summed E-state index contributed by atoms with van der Waals surface area (Å²) in [7, 11) is 0. The highest BCUT2D eigenvalue weighted by molar-refractivity contribution is 9.10. The number of hydrogen-bond acceptors (Lipinski definition) is 4. The number of nitrogens with zero attached hydrogens (tertiary/aromatic N) is 2. The van der Waals surface area contributed by atoms with E-state index in [0.717, 1.165) is 14.7 Å². The van der Waals surface area contributed by atoms with Crippen LogP contribution in [0.5, 0.6) is 0 Å². The molecule has 0 spiro atoms. The van der Waals surface area contributed by atoms with Crippen molar-refractivity contribution in [3.05, 3.63) is 61.1 Å². The van der Waals surface area contributed by atoms with Crippen molar-refractivity contribution in [2.45, 2.75) is 25.7 Å². The van der Waals surface area contributed by atoms with Crippen LogP contribution in [0.3, 0.4) is 0 Å². The molecule has 3 aromatic rings. The number of benzene rings is 1. The van der Waals surface area contributed by atoms with Crippen LogP contribution in [0.1, 0.15) is 22.0 Å². The Labute approximate surface area is 158 Å². The van der Waals surface area contributed by atoms with Crippen LogP contribution < -0.4 is 5.56 Å². The Balaban J connectivity index is 1.60. The monoisotopic (exact) mass is 443 g/mol. The van der Waals surface area contributed by atoms with Gasteiger partial charge in [0.05, 0.1) is 11.3 Å². The first-order valence-corrected chi connectivity index (χ1v) is 9.51. The third kappa shape index (κ3) is 3.19. The van der Waals surface area contributed by atoms with Gasteiger partial charge in [0.25, 0.3) is 5.56 Å². The zero-order valence-corrected chi connectivity index (χ0v) is 15.8. The second kappa shape index (κ2) is 6.47. The molecule has 4 rings (SSSR count). The van der Waals surface area contributed by atoms with Crippen molar-refractivity contribution < 1.29 is 13.2 Å². The number of nitrogens with one attached hydrogen (secondary N) is 1. The van der Waals surface area contributed by atoms with Gasteiger partial charge >= 0.3 is 6.18 Å². The Morgan fingerprint density at radius 1 is 1.31 bits per heavy atom. The fourth-order valence-electron chi connectivity index (χ4n) is 3.12. The van der Waals surface area contributed by atoms with Crippen molar-refractivity contribution in [1.29, 1.82) is 0 Å². The summed E-state index contributed by atoms with van der Waals surface area (Å²) in [5.74, 6) is -1.22. The van der Waals surface area contributed by atoms with Gasteiger partial charge in [-0.15, -0.1) is 11.3 Å². The van der Waals surface area contributed by atoms with Gasteiger partial charge in [0.1, 0.15) is 0 Å². The van der Waals surface area contributed by atoms with E-state index in [4.69, 9.17) is 0 Å². The lowest BCUT2D eigenvalue weighted by molar-refractivity contribution is -0.145. The minimum absolute atomic E-state index is 0.243. The molecule has 1 N–H and O–H groups in total. The van der Waals surface area contributed by atoms with Crippen LogP contribution in [0.25, 0.3) is 10.1 Å².